The van der Waals surface area contributed by atoms with Crippen LogP contribution in [0.25, 0.3) is 0 Å². The van der Waals surface area contributed by atoms with Gasteiger partial charge in [-0.2, -0.15) is 0 Å². The predicted octanol–water partition coefficient (Wildman–Crippen LogP) is -0.223. The van der Waals surface area contributed by atoms with E-state index in [4.69, 9.17) is 11.5 Å². The molecule has 0 bridgehead atoms. The van der Waals surface area contributed by atoms with Gasteiger partial charge >= 0.3 is 5.96 Å². The van der Waals surface area contributed by atoms with Gasteiger partial charge in [0.25, 0.3) is 0 Å². The quantitative estimate of drug-likeness (QED) is 0.215. The van der Waals surface area contributed by atoms with Gasteiger partial charge < -0.3 is 4.48 Å². The average Bonchev–Trinajstić information content (AvgIpc) is 2.23. The van der Waals surface area contributed by atoms with Crippen LogP contribution in [0, 0.1) is 0 Å². The molecule has 0 radical (unpaired) electrons. The van der Waals surface area contributed by atoms with Gasteiger partial charge in [-0.25, -0.2) is 0 Å². The summed E-state index contributed by atoms with van der Waals surface area (Å²) in [6, 6.07) is 0. The molecule has 0 aliphatic carbocycles. The average molecular weight is 244 g/mol. The molecule has 0 unspecified atom stereocenters. The van der Waals surface area contributed by atoms with E-state index in [0.717, 1.165) is 13.0 Å². The molecular weight excluding hydrogens is 212 g/mol. The van der Waals surface area contributed by atoms with Gasteiger partial charge in [0.15, 0.2) is 0 Å². The zero-order valence-corrected chi connectivity index (χ0v) is 12.0. The molecule has 0 saturated heterocycles. The van der Waals surface area contributed by atoms with Crippen LogP contribution in [0.4, 0.5) is 0 Å². The molecule has 0 spiro atoms. The van der Waals surface area contributed by atoms with E-state index in [9.17, 15) is 0 Å². The first-order chi connectivity index (χ1) is 8.04. The van der Waals surface area contributed by atoms with Crippen LogP contribution in [0.15, 0.2) is 0 Å². The Morgan fingerprint density at radius 2 is 1.53 bits per heavy atom. The summed E-state index contributed by atoms with van der Waals surface area (Å²) in [6.07, 6.45) is 6.24. The molecule has 0 rings (SSSR count). The van der Waals surface area contributed by atoms with Crippen molar-refractivity contribution < 1.29 is 9.48 Å². The summed E-state index contributed by atoms with van der Waals surface area (Å²) in [7, 11) is 2.39. The molecular formula is C13H32N4+2. The van der Waals surface area contributed by atoms with Crippen LogP contribution in [-0.2, 0) is 0 Å². The van der Waals surface area contributed by atoms with Gasteiger partial charge in [0.05, 0.1) is 33.2 Å². The van der Waals surface area contributed by atoms with Gasteiger partial charge in [0.2, 0.25) is 0 Å². The lowest BCUT2D eigenvalue weighted by Gasteiger charge is -2.34. The third-order valence-corrected chi connectivity index (χ3v) is 3.23. The van der Waals surface area contributed by atoms with Crippen molar-refractivity contribution >= 4 is 5.96 Å². The maximum absolute atomic E-state index is 5.34. The topological polar surface area (TPSA) is 66.0 Å². The van der Waals surface area contributed by atoms with Crippen molar-refractivity contribution in [2.24, 2.45) is 11.5 Å². The first-order valence-electron chi connectivity index (χ1n) is 6.99. The van der Waals surface area contributed by atoms with E-state index in [-0.39, 0.29) is 0 Å². The van der Waals surface area contributed by atoms with Crippen molar-refractivity contribution in [1.29, 1.82) is 0 Å². The first-order valence-corrected chi connectivity index (χ1v) is 6.99. The van der Waals surface area contributed by atoms with Gasteiger partial charge in [-0.3, -0.25) is 16.5 Å². The molecule has 0 aliphatic heterocycles. The molecule has 4 nitrogen and oxygen atoms in total. The summed E-state index contributed by atoms with van der Waals surface area (Å²) >= 11 is 0. The number of unbranched alkanes of at least 4 members (excludes halogenated alkanes) is 2. The summed E-state index contributed by atoms with van der Waals surface area (Å²) in [5, 5.41) is 0. The second-order valence-electron chi connectivity index (χ2n) is 5.23. The van der Waals surface area contributed by atoms with Crippen LogP contribution in [0.2, 0.25) is 0 Å². The predicted molar refractivity (Wildman–Crippen MR) is 74.4 cm³/mol. The fourth-order valence-electron chi connectivity index (χ4n) is 2.44. The van der Waals surface area contributed by atoms with Gasteiger partial charge in [-0.15, -0.1) is 0 Å². The molecule has 4 heteroatoms. The van der Waals surface area contributed by atoms with Gasteiger partial charge in [-0.05, 0) is 32.1 Å². The Labute approximate surface area is 107 Å². The highest BCUT2D eigenvalue weighted by Crippen LogP contribution is 2.09. The van der Waals surface area contributed by atoms with Crippen molar-refractivity contribution in [3.05, 3.63) is 0 Å². The number of hydrogen-bond acceptors (Lipinski definition) is 0. The van der Waals surface area contributed by atoms with E-state index >= 15 is 0 Å². The number of guanidine groups is 1. The van der Waals surface area contributed by atoms with Crippen LogP contribution < -0.4 is 16.5 Å². The van der Waals surface area contributed by atoms with Crippen LogP contribution in [0.1, 0.15) is 46.0 Å². The number of nitrogens with one attached hydrogen (secondary N) is 1. The number of nitrogens with zero attached hydrogens (tertiary/aromatic N) is 1. The number of nitrogens with two attached hydrogens (primary N) is 2. The molecule has 5 N–H and O–H groups in total. The lowest BCUT2D eigenvalue weighted by Crippen LogP contribution is -2.78. The Kier molecular flexibility index (Phi) is 8.86. The Morgan fingerprint density at radius 3 is 2.00 bits per heavy atom. The molecule has 0 atom stereocenters. The largest absolute Gasteiger partial charge is 0.338 e. The summed E-state index contributed by atoms with van der Waals surface area (Å²) in [6.45, 7) is 9.34. The molecule has 0 saturated carbocycles. The molecule has 17 heavy (non-hydrogen) atoms. The Bertz CT molecular complexity index is 203. The second-order valence-corrected chi connectivity index (χ2v) is 5.23. The van der Waals surface area contributed by atoms with Gasteiger partial charge in [0.1, 0.15) is 0 Å². The monoisotopic (exact) mass is 244 g/mol. The Hall–Kier alpha value is -0.770. The summed E-state index contributed by atoms with van der Waals surface area (Å²) < 4.78 is 1.23. The number of hydrogen-bond donors (Lipinski definition) is 3. The first kappa shape index (κ1) is 16.2. The van der Waals surface area contributed by atoms with Crippen LogP contribution in [0.3, 0.4) is 0 Å². The third kappa shape index (κ3) is 8.98. The fourth-order valence-corrected chi connectivity index (χ4v) is 2.44. The highest BCUT2D eigenvalue weighted by molar-refractivity contribution is 5.69. The molecule has 0 fully saturated rings. The molecule has 0 aromatic rings. The highest BCUT2D eigenvalue weighted by Gasteiger charge is 2.18. The standard InChI is InChI=1S/C13H31N4/c1-4-10-17(3,11-5-2)12-8-6-7-9-16-13(14)15/h4-12H2,1-3H3,(H4,14,15,16)/q+1/p+1. The van der Waals surface area contributed by atoms with Crippen molar-refractivity contribution in [3.8, 4) is 0 Å². The summed E-state index contributed by atoms with van der Waals surface area (Å²) in [5.74, 6) is 0.336. The molecule has 0 amide bonds. The summed E-state index contributed by atoms with van der Waals surface area (Å²) in [5.41, 5.74) is 10.7. The van der Waals surface area contributed by atoms with E-state index in [1.807, 2.05) is 0 Å². The second kappa shape index (κ2) is 9.28. The lowest BCUT2D eigenvalue weighted by molar-refractivity contribution is -0.909. The zero-order valence-electron chi connectivity index (χ0n) is 12.0. The van der Waals surface area contributed by atoms with Crippen molar-refractivity contribution in [2.75, 3.05) is 33.2 Å². The van der Waals surface area contributed by atoms with E-state index in [1.54, 1.807) is 0 Å². The smallest absolute Gasteiger partial charge is 0.326 e. The maximum Gasteiger partial charge on any atom is 0.338 e. The van der Waals surface area contributed by atoms with Gasteiger partial charge in [0, 0.05) is 0 Å². The van der Waals surface area contributed by atoms with Crippen molar-refractivity contribution in [2.45, 2.75) is 46.0 Å². The minimum Gasteiger partial charge on any atom is -0.326 e. The lowest BCUT2D eigenvalue weighted by atomic mass is 10.2. The molecule has 102 valence electrons. The number of rotatable bonds is 10. The molecule has 0 heterocycles. The van der Waals surface area contributed by atoms with Crippen LogP contribution in [-0.4, -0.2) is 43.7 Å². The normalized spacial score (nSPS) is 11.5. The van der Waals surface area contributed by atoms with E-state index < -0.39 is 0 Å². The zero-order chi connectivity index (χ0) is 13.1. The highest BCUT2D eigenvalue weighted by atomic mass is 15.3. The van der Waals surface area contributed by atoms with Crippen molar-refractivity contribution in [3.63, 3.8) is 0 Å². The number of quaternary nitrogens is 1. The minimum atomic E-state index is 0.336. The molecule has 0 aromatic carbocycles. The van der Waals surface area contributed by atoms with E-state index in [2.05, 4.69) is 25.9 Å². The van der Waals surface area contributed by atoms with Crippen molar-refractivity contribution in [1.82, 2.24) is 0 Å². The van der Waals surface area contributed by atoms with E-state index in [0.29, 0.717) is 5.96 Å². The SMILES string of the molecule is CCC[N+](C)(CCC)CCCCC[NH+]=C(N)N. The fraction of sp³-hybridized carbons (Fsp3) is 0.923. The maximum atomic E-state index is 5.34. The van der Waals surface area contributed by atoms with Gasteiger partial charge in [-0.1, -0.05) is 13.8 Å². The van der Waals surface area contributed by atoms with Crippen LogP contribution >= 0.6 is 0 Å². The minimum absolute atomic E-state index is 0.336. The van der Waals surface area contributed by atoms with Crippen LogP contribution in [0.5, 0.6) is 0 Å². The third-order valence-electron chi connectivity index (χ3n) is 3.23. The summed E-state index contributed by atoms with van der Waals surface area (Å²) in [4.78, 5) is 2.96. The molecule has 0 aliphatic rings. The van der Waals surface area contributed by atoms with E-state index in [1.165, 1.54) is 49.8 Å². The molecule has 0 aromatic heterocycles. The Morgan fingerprint density at radius 1 is 0.941 bits per heavy atom. The Balaban J connectivity index is 3.71.